The third kappa shape index (κ3) is 1.94. The summed E-state index contributed by atoms with van der Waals surface area (Å²) >= 11 is 0. The summed E-state index contributed by atoms with van der Waals surface area (Å²) in [6.07, 6.45) is -0.442. The first kappa shape index (κ1) is 16.5. The number of quaternary nitrogens is 1. The molecule has 0 radical (unpaired) electrons. The molecule has 26 heavy (non-hydrogen) atoms. The van der Waals surface area contributed by atoms with E-state index in [0.717, 1.165) is 5.56 Å². The molecular weight excluding hydrogens is 328 g/mol. The number of nitriles is 1. The first-order chi connectivity index (χ1) is 12.4. The van der Waals surface area contributed by atoms with Crippen LogP contribution in [0.15, 0.2) is 60.4 Å². The maximum atomic E-state index is 13.4. The number of rotatable bonds is 2. The van der Waals surface area contributed by atoms with Crippen molar-refractivity contribution >= 4 is 11.5 Å². The van der Waals surface area contributed by atoms with Gasteiger partial charge in [0.1, 0.15) is 18.2 Å². The highest BCUT2D eigenvalue weighted by Crippen LogP contribution is 2.56. The third-order valence-electron chi connectivity index (χ3n) is 5.79. The number of amides is 1. The van der Waals surface area contributed by atoms with Crippen LogP contribution in [-0.4, -0.2) is 40.3 Å². The summed E-state index contributed by atoms with van der Waals surface area (Å²) in [7, 11) is 1.77. The van der Waals surface area contributed by atoms with Gasteiger partial charge in [0.2, 0.25) is 0 Å². The largest absolute Gasteiger partial charge is 0.505 e. The zero-order chi connectivity index (χ0) is 18.5. The van der Waals surface area contributed by atoms with Crippen LogP contribution < -0.4 is 0 Å². The lowest BCUT2D eigenvalue weighted by Gasteiger charge is -2.38. The average molecular weight is 347 g/mol. The van der Waals surface area contributed by atoms with Crippen LogP contribution >= 0.6 is 0 Å². The van der Waals surface area contributed by atoms with Crippen molar-refractivity contribution in [2.75, 3.05) is 13.6 Å². The van der Waals surface area contributed by atoms with Crippen molar-refractivity contribution in [2.24, 2.45) is 0 Å². The minimum atomic E-state index is -1.03. The SMILES string of the molecule is C[N+]12CC(O)CC1(c1ccc(C#N)cc1)C(O)=C(c1ccccc1)C2=O. The van der Waals surface area contributed by atoms with Gasteiger partial charge in [-0.05, 0) is 17.7 Å². The van der Waals surface area contributed by atoms with E-state index >= 15 is 0 Å². The second-order valence-electron chi connectivity index (χ2n) is 7.18. The number of carbonyl (C=O) groups excluding carboxylic acids is 1. The maximum absolute atomic E-state index is 13.4. The van der Waals surface area contributed by atoms with E-state index in [-0.39, 0.29) is 29.1 Å². The fourth-order valence-electron chi connectivity index (χ4n) is 4.55. The van der Waals surface area contributed by atoms with Crippen molar-refractivity contribution in [3.05, 3.63) is 77.0 Å². The molecule has 1 amide bonds. The number of hydrogen-bond donors (Lipinski definition) is 2. The van der Waals surface area contributed by atoms with Gasteiger partial charge in [-0.1, -0.05) is 42.5 Å². The summed E-state index contributed by atoms with van der Waals surface area (Å²) in [5, 5.41) is 30.7. The van der Waals surface area contributed by atoms with Gasteiger partial charge in [-0.25, -0.2) is 9.28 Å². The molecule has 2 aromatic carbocycles. The van der Waals surface area contributed by atoms with Gasteiger partial charge in [0.25, 0.3) is 0 Å². The van der Waals surface area contributed by atoms with Crippen LogP contribution in [0.4, 0.5) is 0 Å². The van der Waals surface area contributed by atoms with E-state index in [1.54, 1.807) is 43.4 Å². The highest BCUT2D eigenvalue weighted by molar-refractivity contribution is 6.19. The standard InChI is InChI=1S/C21H18N2O3/c1-23-13-17(24)11-21(23,16-9-7-14(12-22)8-10-16)19(25)18(20(23)26)15-5-3-2-4-6-15/h2-10,17,24H,11,13H2,1H3/p+1. The highest BCUT2D eigenvalue weighted by Gasteiger charge is 2.69. The molecule has 1 saturated heterocycles. The maximum Gasteiger partial charge on any atom is 0.351 e. The fourth-order valence-corrected chi connectivity index (χ4v) is 4.55. The Kier molecular flexibility index (Phi) is 3.52. The first-order valence-electron chi connectivity index (χ1n) is 8.52. The van der Waals surface area contributed by atoms with E-state index in [2.05, 4.69) is 6.07 Å². The van der Waals surface area contributed by atoms with Gasteiger partial charge < -0.3 is 10.2 Å². The van der Waals surface area contributed by atoms with E-state index in [1.807, 2.05) is 18.2 Å². The second kappa shape index (κ2) is 5.53. The third-order valence-corrected chi connectivity index (χ3v) is 5.79. The Morgan fingerprint density at radius 2 is 1.81 bits per heavy atom. The summed E-state index contributed by atoms with van der Waals surface area (Å²) in [4.78, 5) is 13.4. The van der Waals surface area contributed by atoms with Gasteiger partial charge in [-0.3, -0.25) is 0 Å². The molecule has 3 atom stereocenters. The normalized spacial score (nSPS) is 30.3. The fraction of sp³-hybridized carbons (Fsp3) is 0.238. The summed E-state index contributed by atoms with van der Waals surface area (Å²) in [5.41, 5.74) is 1.19. The molecule has 0 aliphatic carbocycles. The molecule has 2 heterocycles. The van der Waals surface area contributed by atoms with Gasteiger partial charge in [0.15, 0.2) is 11.3 Å². The van der Waals surface area contributed by atoms with Crippen molar-refractivity contribution in [3.8, 4) is 6.07 Å². The Hall–Kier alpha value is -2.94. The monoisotopic (exact) mass is 347 g/mol. The van der Waals surface area contributed by atoms with Crippen LogP contribution in [0.1, 0.15) is 23.1 Å². The number of nitrogens with zero attached hydrogens (tertiary/aromatic N) is 2. The van der Waals surface area contributed by atoms with Crippen molar-refractivity contribution in [1.29, 1.82) is 5.26 Å². The predicted molar refractivity (Wildman–Crippen MR) is 95.5 cm³/mol. The molecule has 5 heteroatoms. The second-order valence-corrected chi connectivity index (χ2v) is 7.18. The van der Waals surface area contributed by atoms with E-state index in [0.29, 0.717) is 16.7 Å². The van der Waals surface area contributed by atoms with Crippen molar-refractivity contribution < 1.29 is 19.5 Å². The lowest BCUT2D eigenvalue weighted by Crippen LogP contribution is -2.56. The number of aliphatic hydroxyl groups excluding tert-OH is 2. The Bertz CT molecular complexity index is 959. The lowest BCUT2D eigenvalue weighted by atomic mass is 9.83. The average Bonchev–Trinajstić information content (AvgIpc) is 3.02. The Balaban J connectivity index is 1.98. The molecule has 3 unspecified atom stereocenters. The van der Waals surface area contributed by atoms with Gasteiger partial charge >= 0.3 is 5.91 Å². The molecule has 2 aromatic rings. The number of aliphatic hydroxyl groups is 2. The smallest absolute Gasteiger partial charge is 0.351 e. The zero-order valence-corrected chi connectivity index (χ0v) is 14.4. The molecule has 0 aromatic heterocycles. The lowest BCUT2D eigenvalue weighted by molar-refractivity contribution is -0.872. The molecule has 130 valence electrons. The molecule has 2 aliphatic rings. The topological polar surface area (TPSA) is 81.3 Å². The Morgan fingerprint density at radius 1 is 1.15 bits per heavy atom. The molecule has 2 N–H and O–H groups in total. The van der Waals surface area contributed by atoms with Gasteiger partial charge in [-0.15, -0.1) is 0 Å². The summed E-state index contributed by atoms with van der Waals surface area (Å²) in [5.74, 6) is -0.202. The zero-order valence-electron chi connectivity index (χ0n) is 14.4. The van der Waals surface area contributed by atoms with Crippen LogP contribution in [0.3, 0.4) is 0 Å². The molecule has 4 rings (SSSR count). The summed E-state index contributed by atoms with van der Waals surface area (Å²) in [6.45, 7) is 0.235. The molecule has 5 nitrogen and oxygen atoms in total. The van der Waals surface area contributed by atoms with E-state index in [1.165, 1.54) is 0 Å². The van der Waals surface area contributed by atoms with Crippen molar-refractivity contribution in [3.63, 3.8) is 0 Å². The molecule has 0 bridgehead atoms. The number of likely N-dealkylation sites (N-methyl/N-ethyl adjacent to an activating group) is 1. The number of hydrogen-bond acceptors (Lipinski definition) is 4. The van der Waals surface area contributed by atoms with Crippen molar-refractivity contribution in [2.45, 2.75) is 18.1 Å². The number of carbonyl (C=O) groups is 1. The number of fused-ring (bicyclic) bond motifs is 1. The van der Waals surface area contributed by atoms with Crippen LogP contribution in [0, 0.1) is 11.3 Å². The van der Waals surface area contributed by atoms with E-state index in [9.17, 15) is 15.0 Å². The molecule has 0 saturated carbocycles. The summed E-state index contributed by atoms with van der Waals surface area (Å²) in [6, 6.07) is 18.1. The quantitative estimate of drug-likeness (QED) is 0.818. The minimum Gasteiger partial charge on any atom is -0.505 e. The van der Waals surface area contributed by atoms with Crippen LogP contribution in [0.5, 0.6) is 0 Å². The van der Waals surface area contributed by atoms with Crippen LogP contribution in [0.25, 0.3) is 5.57 Å². The summed E-state index contributed by atoms with van der Waals surface area (Å²) < 4.78 is -0.101. The number of benzene rings is 2. The molecule has 2 aliphatic heterocycles. The predicted octanol–water partition coefficient (Wildman–Crippen LogP) is 2.47. The first-order valence-corrected chi connectivity index (χ1v) is 8.52. The van der Waals surface area contributed by atoms with Gasteiger partial charge in [-0.2, -0.15) is 5.26 Å². The van der Waals surface area contributed by atoms with E-state index in [4.69, 9.17) is 5.26 Å². The Morgan fingerprint density at radius 3 is 2.42 bits per heavy atom. The Labute approximate surface area is 151 Å². The molecule has 0 spiro atoms. The van der Waals surface area contributed by atoms with Crippen LogP contribution in [-0.2, 0) is 10.3 Å². The highest BCUT2D eigenvalue weighted by atomic mass is 16.3. The minimum absolute atomic E-state index is 0.00235. The van der Waals surface area contributed by atoms with E-state index < -0.39 is 11.6 Å². The molecular formula is C21H19N2O3+. The van der Waals surface area contributed by atoms with Gasteiger partial charge in [0.05, 0.1) is 18.7 Å². The van der Waals surface area contributed by atoms with Crippen molar-refractivity contribution in [1.82, 2.24) is 0 Å². The van der Waals surface area contributed by atoms with Gasteiger partial charge in [0, 0.05) is 12.0 Å². The molecule has 1 fully saturated rings. The van der Waals surface area contributed by atoms with Crippen LogP contribution in [0.2, 0.25) is 0 Å².